The minimum absolute atomic E-state index is 0.340. The Morgan fingerprint density at radius 2 is 2.27 bits per heavy atom. The zero-order chi connectivity index (χ0) is 11.3. The van der Waals surface area contributed by atoms with Crippen molar-refractivity contribution in [2.45, 2.75) is 45.3 Å². The van der Waals surface area contributed by atoms with Gasteiger partial charge >= 0.3 is 0 Å². The van der Waals surface area contributed by atoms with E-state index in [9.17, 15) is 0 Å². The molecule has 1 heterocycles. The molecule has 1 fully saturated rings. The van der Waals surface area contributed by atoms with Gasteiger partial charge in [-0.3, -0.25) is 0 Å². The Bertz CT molecular complexity index is 173. The molecule has 0 radical (unpaired) electrons. The summed E-state index contributed by atoms with van der Waals surface area (Å²) in [4.78, 5) is 2.51. The molecule has 15 heavy (non-hydrogen) atoms. The third kappa shape index (κ3) is 4.49. The van der Waals surface area contributed by atoms with Crippen LogP contribution < -0.4 is 5.73 Å². The highest BCUT2D eigenvalue weighted by molar-refractivity contribution is 4.78. The summed E-state index contributed by atoms with van der Waals surface area (Å²) in [5, 5.41) is 0. The van der Waals surface area contributed by atoms with E-state index < -0.39 is 0 Å². The van der Waals surface area contributed by atoms with E-state index in [-0.39, 0.29) is 0 Å². The Hall–Kier alpha value is -0.120. The number of nitrogens with two attached hydrogens (primary N) is 1. The number of likely N-dealkylation sites (tertiary alicyclic amines) is 1. The normalized spacial score (nSPS) is 30.4. The molecule has 1 aliphatic heterocycles. The third-order valence-electron chi connectivity index (χ3n) is 3.41. The Labute approximate surface area is 94.0 Å². The first-order chi connectivity index (χ1) is 7.13. The fourth-order valence-corrected chi connectivity index (χ4v) is 2.24. The van der Waals surface area contributed by atoms with E-state index in [4.69, 9.17) is 10.5 Å². The van der Waals surface area contributed by atoms with Crippen molar-refractivity contribution in [3.05, 3.63) is 0 Å². The van der Waals surface area contributed by atoms with Crippen molar-refractivity contribution in [2.75, 3.05) is 26.7 Å². The molecule has 0 aliphatic carbocycles. The van der Waals surface area contributed by atoms with Crippen LogP contribution in [0.1, 0.15) is 33.1 Å². The molecule has 0 spiro atoms. The van der Waals surface area contributed by atoms with Crippen LogP contribution in [0.4, 0.5) is 0 Å². The van der Waals surface area contributed by atoms with Crippen LogP contribution in [-0.4, -0.2) is 43.8 Å². The second-order valence-electron chi connectivity index (χ2n) is 4.96. The highest BCUT2D eigenvalue weighted by atomic mass is 16.5. The van der Waals surface area contributed by atoms with Gasteiger partial charge in [0.25, 0.3) is 0 Å². The van der Waals surface area contributed by atoms with Crippen molar-refractivity contribution in [3.63, 3.8) is 0 Å². The summed E-state index contributed by atoms with van der Waals surface area (Å²) in [6.07, 6.45) is 4.03. The van der Waals surface area contributed by atoms with Crippen LogP contribution in [0.25, 0.3) is 0 Å². The molecule has 3 atom stereocenters. The number of hydrogen-bond donors (Lipinski definition) is 1. The van der Waals surface area contributed by atoms with E-state index in [0.717, 1.165) is 13.0 Å². The van der Waals surface area contributed by atoms with Crippen molar-refractivity contribution in [1.82, 2.24) is 4.90 Å². The van der Waals surface area contributed by atoms with E-state index in [1.807, 2.05) is 7.11 Å². The van der Waals surface area contributed by atoms with Crippen LogP contribution in [0, 0.1) is 5.92 Å². The standard InChI is InChI=1S/C12H26N2O/c1-10-6-8-14(9-12(10)15-3)7-4-5-11(2)13/h10-12H,4-9,13H2,1-3H3. The zero-order valence-electron chi connectivity index (χ0n) is 10.4. The van der Waals surface area contributed by atoms with Crippen molar-refractivity contribution >= 4 is 0 Å². The molecule has 90 valence electrons. The van der Waals surface area contributed by atoms with Crippen LogP contribution in [0.3, 0.4) is 0 Å². The van der Waals surface area contributed by atoms with Gasteiger partial charge in [0.1, 0.15) is 0 Å². The van der Waals surface area contributed by atoms with Crippen molar-refractivity contribution < 1.29 is 4.74 Å². The van der Waals surface area contributed by atoms with Gasteiger partial charge in [-0.25, -0.2) is 0 Å². The fraction of sp³-hybridized carbons (Fsp3) is 1.00. The van der Waals surface area contributed by atoms with Crippen molar-refractivity contribution in [2.24, 2.45) is 11.7 Å². The Kier molecular flexibility index (Phi) is 5.58. The smallest absolute Gasteiger partial charge is 0.0724 e. The average molecular weight is 214 g/mol. The Balaban J connectivity index is 2.20. The second-order valence-corrected chi connectivity index (χ2v) is 4.96. The number of methoxy groups -OCH3 is 1. The molecule has 0 aromatic heterocycles. The maximum Gasteiger partial charge on any atom is 0.0724 e. The van der Waals surface area contributed by atoms with Crippen molar-refractivity contribution in [3.8, 4) is 0 Å². The lowest BCUT2D eigenvalue weighted by molar-refractivity contribution is -0.00530. The summed E-state index contributed by atoms with van der Waals surface area (Å²) in [7, 11) is 1.83. The summed E-state index contributed by atoms with van der Waals surface area (Å²) in [5.41, 5.74) is 5.74. The first-order valence-electron chi connectivity index (χ1n) is 6.14. The minimum atomic E-state index is 0.340. The predicted molar refractivity (Wildman–Crippen MR) is 63.9 cm³/mol. The van der Waals surface area contributed by atoms with Gasteiger partial charge in [-0.05, 0) is 45.2 Å². The second kappa shape index (κ2) is 6.46. The molecule has 3 unspecified atom stereocenters. The van der Waals surface area contributed by atoms with Gasteiger partial charge in [0, 0.05) is 19.7 Å². The van der Waals surface area contributed by atoms with E-state index in [1.165, 1.54) is 25.9 Å². The quantitative estimate of drug-likeness (QED) is 0.753. The molecule has 3 nitrogen and oxygen atoms in total. The molecule has 0 aromatic carbocycles. The van der Waals surface area contributed by atoms with E-state index in [2.05, 4.69) is 18.7 Å². The van der Waals surface area contributed by atoms with Crippen LogP contribution in [0.2, 0.25) is 0 Å². The SMILES string of the molecule is COC1CN(CCCC(C)N)CCC1C. The van der Waals surface area contributed by atoms with Gasteiger partial charge in [0.15, 0.2) is 0 Å². The largest absolute Gasteiger partial charge is 0.380 e. The van der Waals surface area contributed by atoms with E-state index >= 15 is 0 Å². The number of nitrogens with zero attached hydrogens (tertiary/aromatic N) is 1. The Morgan fingerprint density at radius 1 is 1.53 bits per heavy atom. The first kappa shape index (κ1) is 12.9. The Morgan fingerprint density at radius 3 is 2.87 bits per heavy atom. The molecule has 1 rings (SSSR count). The molecular formula is C12H26N2O. The summed E-state index contributed by atoms with van der Waals surface area (Å²) in [6, 6.07) is 0.340. The van der Waals surface area contributed by atoms with Crippen LogP contribution in [0.5, 0.6) is 0 Å². The number of rotatable bonds is 5. The van der Waals surface area contributed by atoms with Crippen molar-refractivity contribution in [1.29, 1.82) is 0 Å². The molecular weight excluding hydrogens is 188 g/mol. The van der Waals surface area contributed by atoms with Gasteiger partial charge in [-0.1, -0.05) is 6.92 Å². The monoisotopic (exact) mass is 214 g/mol. The molecule has 0 amide bonds. The molecule has 2 N–H and O–H groups in total. The highest BCUT2D eigenvalue weighted by Gasteiger charge is 2.25. The number of ether oxygens (including phenoxy) is 1. The van der Waals surface area contributed by atoms with Gasteiger partial charge in [0.2, 0.25) is 0 Å². The molecule has 0 saturated carbocycles. The van der Waals surface area contributed by atoms with E-state index in [1.54, 1.807) is 0 Å². The summed E-state index contributed by atoms with van der Waals surface area (Å²) in [5.74, 6) is 0.708. The van der Waals surface area contributed by atoms with Crippen LogP contribution in [-0.2, 0) is 4.74 Å². The predicted octanol–water partition coefficient (Wildman–Crippen LogP) is 1.47. The zero-order valence-corrected chi connectivity index (χ0v) is 10.4. The molecule has 0 bridgehead atoms. The van der Waals surface area contributed by atoms with Crippen LogP contribution >= 0.6 is 0 Å². The lowest BCUT2D eigenvalue weighted by Crippen LogP contribution is -2.44. The minimum Gasteiger partial charge on any atom is -0.380 e. The maximum atomic E-state index is 5.74. The average Bonchev–Trinajstić information content (AvgIpc) is 2.20. The summed E-state index contributed by atoms with van der Waals surface area (Å²) >= 11 is 0. The third-order valence-corrected chi connectivity index (χ3v) is 3.41. The summed E-state index contributed by atoms with van der Waals surface area (Å²) < 4.78 is 5.49. The molecule has 3 heteroatoms. The van der Waals surface area contributed by atoms with Gasteiger partial charge < -0.3 is 15.4 Å². The lowest BCUT2D eigenvalue weighted by atomic mass is 9.95. The van der Waals surface area contributed by atoms with Gasteiger partial charge in [-0.2, -0.15) is 0 Å². The van der Waals surface area contributed by atoms with Crippen LogP contribution in [0.15, 0.2) is 0 Å². The van der Waals surface area contributed by atoms with E-state index in [0.29, 0.717) is 18.1 Å². The van der Waals surface area contributed by atoms with Gasteiger partial charge in [-0.15, -0.1) is 0 Å². The first-order valence-corrected chi connectivity index (χ1v) is 6.14. The van der Waals surface area contributed by atoms with Gasteiger partial charge in [0.05, 0.1) is 6.10 Å². The topological polar surface area (TPSA) is 38.5 Å². The molecule has 0 aromatic rings. The number of hydrogen-bond acceptors (Lipinski definition) is 3. The fourth-order valence-electron chi connectivity index (χ4n) is 2.24. The number of piperidine rings is 1. The maximum absolute atomic E-state index is 5.74. The molecule has 1 aliphatic rings. The lowest BCUT2D eigenvalue weighted by Gasteiger charge is -2.36. The summed E-state index contributed by atoms with van der Waals surface area (Å²) in [6.45, 7) is 7.86. The highest BCUT2D eigenvalue weighted by Crippen LogP contribution is 2.19. The molecule has 1 saturated heterocycles.